The van der Waals surface area contributed by atoms with E-state index in [1.54, 1.807) is 0 Å². The summed E-state index contributed by atoms with van der Waals surface area (Å²) in [5.41, 5.74) is 0. The summed E-state index contributed by atoms with van der Waals surface area (Å²) in [6.45, 7) is 5.87. The van der Waals surface area contributed by atoms with Gasteiger partial charge in [0.05, 0.1) is 12.2 Å². The highest BCUT2D eigenvalue weighted by molar-refractivity contribution is 8.76. The molecule has 2 saturated heterocycles. The normalized spacial score (nSPS) is 33.9. The van der Waals surface area contributed by atoms with Crippen molar-refractivity contribution < 1.29 is 9.53 Å². The molecule has 2 heterocycles. The van der Waals surface area contributed by atoms with Crippen molar-refractivity contribution in [2.24, 2.45) is 0 Å². The minimum absolute atomic E-state index is 0.101. The molecule has 0 aromatic rings. The van der Waals surface area contributed by atoms with Gasteiger partial charge in [0.1, 0.15) is 0 Å². The summed E-state index contributed by atoms with van der Waals surface area (Å²) in [4.78, 5) is 14.1. The molecule has 2 rings (SSSR count). The topological polar surface area (TPSA) is 41.6 Å². The lowest BCUT2D eigenvalue weighted by Gasteiger charge is -2.33. The number of hydrogen-bond acceptors (Lipinski definition) is 4. The first-order valence-electron chi connectivity index (χ1n) is 6.60. The molecule has 4 nitrogen and oxygen atoms in total. The van der Waals surface area contributed by atoms with Gasteiger partial charge in [0.15, 0.2) is 0 Å². The number of ether oxygens (including phenoxy) is 1. The van der Waals surface area contributed by atoms with E-state index in [2.05, 4.69) is 19.2 Å². The van der Waals surface area contributed by atoms with Gasteiger partial charge in [-0.2, -0.15) is 0 Å². The summed E-state index contributed by atoms with van der Waals surface area (Å²) in [7, 11) is 3.72. The van der Waals surface area contributed by atoms with Crippen LogP contribution in [-0.2, 0) is 4.74 Å². The van der Waals surface area contributed by atoms with Crippen molar-refractivity contribution in [3.63, 3.8) is 0 Å². The fourth-order valence-electron chi connectivity index (χ4n) is 2.52. The summed E-state index contributed by atoms with van der Waals surface area (Å²) < 4.78 is 5.69. The molecular formula is C12H22N2O2S2. The fraction of sp³-hybridized carbons (Fsp3) is 0.917. The van der Waals surface area contributed by atoms with Crippen LogP contribution >= 0.6 is 21.6 Å². The number of hydrogen-bond donors (Lipinski definition) is 1. The van der Waals surface area contributed by atoms with Crippen molar-refractivity contribution in [1.82, 2.24) is 10.2 Å². The lowest BCUT2D eigenvalue weighted by atomic mass is 10.00. The first-order chi connectivity index (χ1) is 8.65. The van der Waals surface area contributed by atoms with Crippen molar-refractivity contribution in [3.05, 3.63) is 0 Å². The number of amides is 2. The number of urea groups is 1. The number of carbonyl (C=O) groups is 1. The van der Waals surface area contributed by atoms with Gasteiger partial charge in [-0.3, -0.25) is 0 Å². The van der Waals surface area contributed by atoms with Crippen molar-refractivity contribution in [2.75, 3.05) is 24.6 Å². The van der Waals surface area contributed by atoms with E-state index < -0.39 is 0 Å². The molecule has 2 fully saturated rings. The Morgan fingerprint density at radius 1 is 1.17 bits per heavy atom. The van der Waals surface area contributed by atoms with Crippen molar-refractivity contribution in [2.45, 2.75) is 44.9 Å². The quantitative estimate of drug-likeness (QED) is 0.753. The summed E-state index contributed by atoms with van der Waals surface area (Å²) in [5.74, 6) is 2.05. The Balaban J connectivity index is 1.82. The van der Waals surface area contributed by atoms with Crippen molar-refractivity contribution in [3.8, 4) is 0 Å². The molecule has 0 bridgehead atoms. The first kappa shape index (κ1) is 14.3. The highest BCUT2D eigenvalue weighted by atomic mass is 33.1. The van der Waals surface area contributed by atoms with Crippen LogP contribution in [0.3, 0.4) is 0 Å². The Hall–Kier alpha value is -0.0700. The van der Waals surface area contributed by atoms with Crippen LogP contribution in [-0.4, -0.2) is 53.8 Å². The van der Waals surface area contributed by atoms with Gasteiger partial charge in [0.2, 0.25) is 0 Å². The van der Waals surface area contributed by atoms with Gasteiger partial charge >= 0.3 is 6.03 Å². The highest BCUT2D eigenvalue weighted by Crippen LogP contribution is 2.24. The Labute approximate surface area is 117 Å². The van der Waals surface area contributed by atoms with Gasteiger partial charge in [-0.25, -0.2) is 4.79 Å². The van der Waals surface area contributed by atoms with Gasteiger partial charge in [0.25, 0.3) is 0 Å². The van der Waals surface area contributed by atoms with Gasteiger partial charge in [-0.05, 0) is 26.7 Å². The second-order valence-corrected chi connectivity index (χ2v) is 7.71. The van der Waals surface area contributed by atoms with E-state index in [0.717, 1.165) is 37.4 Å². The molecule has 1 N–H and O–H groups in total. The van der Waals surface area contributed by atoms with Crippen LogP contribution in [0, 0.1) is 0 Å². The average molecular weight is 290 g/mol. The molecule has 2 amide bonds. The lowest BCUT2D eigenvalue weighted by molar-refractivity contribution is -0.0406. The van der Waals surface area contributed by atoms with Crippen LogP contribution in [0.2, 0.25) is 0 Å². The van der Waals surface area contributed by atoms with Crippen LogP contribution in [0.4, 0.5) is 4.79 Å². The molecule has 6 heteroatoms. The van der Waals surface area contributed by atoms with E-state index in [-0.39, 0.29) is 24.3 Å². The SMILES string of the molecule is CC1CC(NC(=O)N2CCSSCC2)CC(C)O1. The molecule has 0 radical (unpaired) electrons. The van der Waals surface area contributed by atoms with Crippen molar-refractivity contribution in [1.29, 1.82) is 0 Å². The zero-order valence-electron chi connectivity index (χ0n) is 11.1. The second kappa shape index (κ2) is 6.91. The molecule has 0 aromatic carbocycles. The average Bonchev–Trinajstić information content (AvgIpc) is 2.55. The van der Waals surface area contributed by atoms with Crippen LogP contribution in [0.15, 0.2) is 0 Å². The summed E-state index contributed by atoms with van der Waals surface area (Å²) in [5, 5.41) is 3.17. The van der Waals surface area contributed by atoms with Crippen LogP contribution < -0.4 is 5.32 Å². The largest absolute Gasteiger partial charge is 0.375 e. The Morgan fingerprint density at radius 2 is 1.72 bits per heavy atom. The number of rotatable bonds is 1. The van der Waals surface area contributed by atoms with Gasteiger partial charge in [-0.15, -0.1) is 0 Å². The van der Waals surface area contributed by atoms with Gasteiger partial charge in [0, 0.05) is 30.6 Å². The molecule has 2 aliphatic rings. The van der Waals surface area contributed by atoms with Crippen LogP contribution in [0.25, 0.3) is 0 Å². The summed E-state index contributed by atoms with van der Waals surface area (Å²) in [6.07, 6.45) is 2.34. The maximum atomic E-state index is 12.2. The smallest absolute Gasteiger partial charge is 0.317 e. The molecule has 0 spiro atoms. The molecule has 104 valence electrons. The zero-order valence-corrected chi connectivity index (χ0v) is 12.7. The summed E-state index contributed by atoms with van der Waals surface area (Å²) in [6, 6.07) is 0.365. The fourth-order valence-corrected chi connectivity index (χ4v) is 4.50. The summed E-state index contributed by atoms with van der Waals surface area (Å²) >= 11 is 0. The van der Waals surface area contributed by atoms with Crippen LogP contribution in [0.5, 0.6) is 0 Å². The molecule has 0 saturated carbocycles. The van der Waals surface area contributed by atoms with Crippen LogP contribution in [0.1, 0.15) is 26.7 Å². The van der Waals surface area contributed by atoms with Gasteiger partial charge < -0.3 is 15.0 Å². The van der Waals surface area contributed by atoms with E-state index in [4.69, 9.17) is 4.74 Å². The van der Waals surface area contributed by atoms with Crippen molar-refractivity contribution >= 4 is 27.6 Å². The molecule has 18 heavy (non-hydrogen) atoms. The van der Waals surface area contributed by atoms with E-state index in [0.29, 0.717) is 0 Å². The monoisotopic (exact) mass is 290 g/mol. The molecule has 2 atom stereocenters. The molecule has 2 unspecified atom stereocenters. The minimum Gasteiger partial charge on any atom is -0.375 e. The predicted molar refractivity (Wildman–Crippen MR) is 78.1 cm³/mol. The molecule has 2 aliphatic heterocycles. The predicted octanol–water partition coefficient (Wildman–Crippen LogP) is 2.35. The Kier molecular flexibility index (Phi) is 5.51. The molecule has 0 aromatic heterocycles. The van der Waals surface area contributed by atoms with E-state index in [1.807, 2.05) is 26.5 Å². The third kappa shape index (κ3) is 4.24. The lowest BCUT2D eigenvalue weighted by Crippen LogP contribution is -2.49. The van der Waals surface area contributed by atoms with E-state index in [1.165, 1.54) is 0 Å². The highest BCUT2D eigenvalue weighted by Gasteiger charge is 2.27. The van der Waals surface area contributed by atoms with E-state index >= 15 is 0 Å². The Morgan fingerprint density at radius 3 is 2.28 bits per heavy atom. The van der Waals surface area contributed by atoms with E-state index in [9.17, 15) is 4.79 Å². The number of carbonyl (C=O) groups excluding carboxylic acids is 1. The molecular weight excluding hydrogens is 268 g/mol. The Bertz CT molecular complexity index is 273. The number of nitrogens with one attached hydrogen (secondary N) is 1. The number of nitrogens with zero attached hydrogens (tertiary/aromatic N) is 1. The second-order valence-electron chi connectivity index (χ2n) is 5.01. The third-order valence-corrected chi connectivity index (χ3v) is 5.65. The molecule has 0 aliphatic carbocycles. The zero-order chi connectivity index (χ0) is 13.0. The third-order valence-electron chi connectivity index (χ3n) is 3.28. The van der Waals surface area contributed by atoms with Gasteiger partial charge in [-0.1, -0.05) is 21.6 Å². The minimum atomic E-state index is 0.101. The standard InChI is InChI=1S/C12H22N2O2S2/c1-9-7-11(8-10(2)16-9)13-12(15)14-3-5-17-18-6-4-14/h9-11H,3-8H2,1-2H3,(H,13,15). The maximum Gasteiger partial charge on any atom is 0.317 e. The first-order valence-corrected chi connectivity index (χ1v) is 9.09. The maximum absolute atomic E-state index is 12.2.